The number of ether oxygens (including phenoxy) is 1. The summed E-state index contributed by atoms with van der Waals surface area (Å²) in [6.45, 7) is 2.77. The molecule has 0 aromatic heterocycles. The molecular formula is C15H19NO4. The smallest absolute Gasteiger partial charge is 0.326 e. The molecule has 0 bridgehead atoms. The van der Waals surface area contributed by atoms with Gasteiger partial charge in [0.25, 0.3) is 0 Å². The Morgan fingerprint density at radius 1 is 1.45 bits per heavy atom. The Morgan fingerprint density at radius 3 is 2.95 bits per heavy atom. The number of aliphatic carboxylic acids is 1. The highest BCUT2D eigenvalue weighted by Gasteiger charge is 2.33. The van der Waals surface area contributed by atoms with Crippen molar-refractivity contribution in [3.63, 3.8) is 0 Å². The summed E-state index contributed by atoms with van der Waals surface area (Å²) in [7, 11) is 0. The molecule has 1 atom stereocenters. The van der Waals surface area contributed by atoms with Crippen molar-refractivity contribution < 1.29 is 19.4 Å². The van der Waals surface area contributed by atoms with Gasteiger partial charge < -0.3 is 14.7 Å². The number of rotatable bonds is 5. The highest BCUT2D eigenvalue weighted by Crippen LogP contribution is 2.19. The lowest BCUT2D eigenvalue weighted by Crippen LogP contribution is -2.40. The minimum absolute atomic E-state index is 0.150. The molecule has 1 heterocycles. The molecule has 0 unspecified atom stereocenters. The Bertz CT molecular complexity index is 500. The van der Waals surface area contributed by atoms with E-state index >= 15 is 0 Å². The van der Waals surface area contributed by atoms with Crippen molar-refractivity contribution >= 4 is 11.9 Å². The number of benzene rings is 1. The molecule has 1 N–H and O–H groups in total. The maximum absolute atomic E-state index is 12.0. The third kappa shape index (κ3) is 3.50. The number of amides is 1. The van der Waals surface area contributed by atoms with E-state index in [4.69, 9.17) is 9.84 Å². The van der Waals surface area contributed by atoms with E-state index in [-0.39, 0.29) is 18.9 Å². The molecule has 1 saturated heterocycles. The third-order valence-electron chi connectivity index (χ3n) is 3.43. The Hall–Kier alpha value is -2.04. The van der Waals surface area contributed by atoms with Crippen LogP contribution in [0.4, 0.5) is 0 Å². The van der Waals surface area contributed by atoms with Crippen LogP contribution in [0.3, 0.4) is 0 Å². The lowest BCUT2D eigenvalue weighted by Gasteiger charge is -2.21. The second-order valence-corrected chi connectivity index (χ2v) is 5.00. The number of carboxylic acids is 1. The van der Waals surface area contributed by atoms with Crippen LogP contribution in [0.1, 0.15) is 24.8 Å². The molecule has 2 rings (SSSR count). The van der Waals surface area contributed by atoms with Crippen LogP contribution in [0.2, 0.25) is 0 Å². The van der Waals surface area contributed by atoms with Crippen LogP contribution in [0.25, 0.3) is 0 Å². The van der Waals surface area contributed by atoms with E-state index in [0.717, 1.165) is 17.7 Å². The number of nitrogens with zero attached hydrogens (tertiary/aromatic N) is 1. The van der Waals surface area contributed by atoms with Crippen molar-refractivity contribution in [2.45, 2.75) is 32.2 Å². The van der Waals surface area contributed by atoms with E-state index in [0.29, 0.717) is 13.0 Å². The molecule has 1 amide bonds. The SMILES string of the molecule is Cc1cccc(OCCC(=O)N2CCC[C@H]2C(=O)O)c1. The molecule has 1 aliphatic heterocycles. The molecular weight excluding hydrogens is 258 g/mol. The summed E-state index contributed by atoms with van der Waals surface area (Å²) in [5.41, 5.74) is 1.10. The molecule has 5 heteroatoms. The third-order valence-corrected chi connectivity index (χ3v) is 3.43. The summed E-state index contributed by atoms with van der Waals surface area (Å²) in [6, 6.07) is 6.95. The first-order valence-electron chi connectivity index (χ1n) is 6.79. The molecule has 0 saturated carbocycles. The van der Waals surface area contributed by atoms with Crippen molar-refractivity contribution in [1.82, 2.24) is 4.90 Å². The van der Waals surface area contributed by atoms with Gasteiger partial charge in [-0.25, -0.2) is 4.79 Å². The number of carbonyl (C=O) groups is 2. The van der Waals surface area contributed by atoms with Gasteiger partial charge in [0.05, 0.1) is 13.0 Å². The van der Waals surface area contributed by atoms with Crippen LogP contribution in [0.15, 0.2) is 24.3 Å². The standard InChI is InChI=1S/C15H19NO4/c1-11-4-2-5-12(10-11)20-9-7-14(17)16-8-3-6-13(16)15(18)19/h2,4-5,10,13H,3,6-9H2,1H3,(H,18,19)/t13-/m0/s1. The molecule has 108 valence electrons. The average molecular weight is 277 g/mol. The number of hydrogen-bond acceptors (Lipinski definition) is 3. The van der Waals surface area contributed by atoms with Crippen molar-refractivity contribution in [3.05, 3.63) is 29.8 Å². The van der Waals surface area contributed by atoms with Crippen LogP contribution in [0.5, 0.6) is 5.75 Å². The van der Waals surface area contributed by atoms with Crippen LogP contribution < -0.4 is 4.74 Å². The summed E-state index contributed by atoms with van der Waals surface area (Å²) in [5, 5.41) is 9.04. The lowest BCUT2D eigenvalue weighted by atomic mass is 10.2. The highest BCUT2D eigenvalue weighted by atomic mass is 16.5. The second kappa shape index (κ2) is 6.41. The van der Waals surface area contributed by atoms with E-state index in [9.17, 15) is 9.59 Å². The Labute approximate surface area is 118 Å². The monoisotopic (exact) mass is 277 g/mol. The zero-order valence-corrected chi connectivity index (χ0v) is 11.5. The molecule has 1 aromatic carbocycles. The van der Waals surface area contributed by atoms with Crippen LogP contribution in [-0.2, 0) is 9.59 Å². The van der Waals surface area contributed by atoms with Gasteiger partial charge in [-0.05, 0) is 37.5 Å². The first-order valence-corrected chi connectivity index (χ1v) is 6.79. The molecule has 1 aliphatic rings. The summed E-state index contributed by atoms with van der Waals surface area (Å²) in [5.74, 6) is -0.341. The van der Waals surface area contributed by atoms with Crippen molar-refractivity contribution in [2.75, 3.05) is 13.2 Å². The fraction of sp³-hybridized carbons (Fsp3) is 0.467. The maximum atomic E-state index is 12.0. The second-order valence-electron chi connectivity index (χ2n) is 5.00. The fourth-order valence-electron chi connectivity index (χ4n) is 2.43. The van der Waals surface area contributed by atoms with Gasteiger partial charge in [-0.1, -0.05) is 12.1 Å². The van der Waals surface area contributed by atoms with Gasteiger partial charge in [-0.15, -0.1) is 0 Å². The Morgan fingerprint density at radius 2 is 2.25 bits per heavy atom. The molecule has 1 aromatic rings. The highest BCUT2D eigenvalue weighted by molar-refractivity contribution is 5.84. The largest absolute Gasteiger partial charge is 0.493 e. The van der Waals surface area contributed by atoms with E-state index in [1.807, 2.05) is 31.2 Å². The van der Waals surface area contributed by atoms with Crippen LogP contribution in [0, 0.1) is 6.92 Å². The van der Waals surface area contributed by atoms with Gasteiger partial charge in [-0.2, -0.15) is 0 Å². The quantitative estimate of drug-likeness (QED) is 0.891. The average Bonchev–Trinajstić information content (AvgIpc) is 2.88. The minimum atomic E-state index is -0.921. The molecule has 1 fully saturated rings. The Balaban J connectivity index is 1.82. The van der Waals surface area contributed by atoms with Crippen molar-refractivity contribution in [2.24, 2.45) is 0 Å². The summed E-state index contributed by atoms with van der Waals surface area (Å²) >= 11 is 0. The van der Waals surface area contributed by atoms with Crippen LogP contribution >= 0.6 is 0 Å². The van der Waals surface area contributed by atoms with E-state index in [2.05, 4.69) is 0 Å². The van der Waals surface area contributed by atoms with E-state index in [1.165, 1.54) is 4.90 Å². The topological polar surface area (TPSA) is 66.8 Å². The fourth-order valence-corrected chi connectivity index (χ4v) is 2.43. The number of likely N-dealkylation sites (tertiary alicyclic amines) is 1. The van der Waals surface area contributed by atoms with E-state index < -0.39 is 12.0 Å². The minimum Gasteiger partial charge on any atom is -0.493 e. The van der Waals surface area contributed by atoms with Gasteiger partial charge in [0.2, 0.25) is 5.91 Å². The maximum Gasteiger partial charge on any atom is 0.326 e. The van der Waals surface area contributed by atoms with Crippen LogP contribution in [-0.4, -0.2) is 41.1 Å². The number of carbonyl (C=O) groups excluding carboxylic acids is 1. The zero-order chi connectivity index (χ0) is 14.5. The molecule has 0 radical (unpaired) electrons. The molecule has 0 aliphatic carbocycles. The lowest BCUT2D eigenvalue weighted by molar-refractivity contribution is -0.148. The van der Waals surface area contributed by atoms with Crippen molar-refractivity contribution in [3.8, 4) is 5.75 Å². The number of carboxylic acid groups (broad SMARTS) is 1. The van der Waals surface area contributed by atoms with Gasteiger partial charge in [0.1, 0.15) is 11.8 Å². The summed E-state index contributed by atoms with van der Waals surface area (Å²) < 4.78 is 5.52. The predicted octanol–water partition coefficient (Wildman–Crippen LogP) is 1.84. The van der Waals surface area contributed by atoms with Crippen molar-refractivity contribution in [1.29, 1.82) is 0 Å². The number of aryl methyl sites for hydroxylation is 1. The summed E-state index contributed by atoms with van der Waals surface area (Å²) in [6.07, 6.45) is 1.50. The van der Waals surface area contributed by atoms with Gasteiger partial charge in [-0.3, -0.25) is 4.79 Å². The Kier molecular flexibility index (Phi) is 4.61. The first kappa shape index (κ1) is 14.4. The zero-order valence-electron chi connectivity index (χ0n) is 11.5. The van der Waals surface area contributed by atoms with Gasteiger partial charge in [0, 0.05) is 6.54 Å². The molecule has 20 heavy (non-hydrogen) atoms. The van der Waals surface area contributed by atoms with E-state index in [1.54, 1.807) is 0 Å². The first-order chi connectivity index (χ1) is 9.58. The normalized spacial score (nSPS) is 18.1. The van der Waals surface area contributed by atoms with Gasteiger partial charge in [0.15, 0.2) is 0 Å². The molecule has 5 nitrogen and oxygen atoms in total. The number of hydrogen-bond donors (Lipinski definition) is 1. The van der Waals surface area contributed by atoms with Gasteiger partial charge >= 0.3 is 5.97 Å². The predicted molar refractivity (Wildman–Crippen MR) is 73.7 cm³/mol. The molecule has 0 spiro atoms. The summed E-state index contributed by atoms with van der Waals surface area (Å²) in [4.78, 5) is 24.5.